The van der Waals surface area contributed by atoms with Crippen LogP contribution >= 0.6 is 0 Å². The van der Waals surface area contributed by atoms with Gasteiger partial charge in [0.05, 0.1) is 18.8 Å². The number of benzene rings is 1. The van der Waals surface area contributed by atoms with Crippen LogP contribution < -0.4 is 10.1 Å². The zero-order valence-electron chi connectivity index (χ0n) is 11.0. The predicted molar refractivity (Wildman–Crippen MR) is 74.0 cm³/mol. The van der Waals surface area contributed by atoms with E-state index in [9.17, 15) is 0 Å². The summed E-state index contributed by atoms with van der Waals surface area (Å²) in [5.74, 6) is 0.851. The van der Waals surface area contributed by atoms with Gasteiger partial charge in [-0.1, -0.05) is 12.1 Å². The molecule has 2 rings (SSSR count). The molecule has 1 aromatic carbocycles. The first-order valence-electron chi connectivity index (χ1n) is 6.03. The van der Waals surface area contributed by atoms with Crippen LogP contribution in [0.2, 0.25) is 0 Å². The maximum atomic E-state index is 5.21. The number of rotatable bonds is 4. The van der Waals surface area contributed by atoms with Crippen LogP contribution in [-0.2, 0) is 0 Å². The van der Waals surface area contributed by atoms with Gasteiger partial charge in [0.1, 0.15) is 5.75 Å². The quantitative estimate of drug-likeness (QED) is 0.890. The van der Waals surface area contributed by atoms with E-state index in [-0.39, 0.29) is 6.04 Å². The first kappa shape index (κ1) is 12.4. The number of hydrogen-bond acceptors (Lipinski definition) is 3. The molecule has 0 saturated heterocycles. The summed E-state index contributed by atoms with van der Waals surface area (Å²) in [6.07, 6.45) is 0. The van der Waals surface area contributed by atoms with E-state index in [1.165, 1.54) is 0 Å². The number of hydrogen-bond donors (Lipinski definition) is 1. The van der Waals surface area contributed by atoms with Crippen molar-refractivity contribution in [3.05, 3.63) is 53.9 Å². The summed E-state index contributed by atoms with van der Waals surface area (Å²) in [5.41, 5.74) is 3.11. The number of aromatic nitrogens is 1. The average Bonchev–Trinajstić information content (AvgIpc) is 2.39. The first-order valence-corrected chi connectivity index (χ1v) is 6.03. The molecule has 0 unspecified atom stereocenters. The molecule has 0 aliphatic heterocycles. The maximum absolute atomic E-state index is 5.21. The SMILES string of the molecule is COc1cccc(N[C@@H](C)c2cccc(C)n2)c1. The van der Waals surface area contributed by atoms with Crippen LogP contribution in [0, 0.1) is 6.92 Å². The Bertz CT molecular complexity index is 525. The number of ether oxygens (including phenoxy) is 1. The molecule has 3 heteroatoms. The van der Waals surface area contributed by atoms with Crippen LogP contribution in [0.3, 0.4) is 0 Å². The largest absolute Gasteiger partial charge is 0.497 e. The van der Waals surface area contributed by atoms with Crippen LogP contribution in [0.25, 0.3) is 0 Å². The highest BCUT2D eigenvalue weighted by Crippen LogP contribution is 2.21. The third kappa shape index (κ3) is 3.00. The number of pyridine rings is 1. The van der Waals surface area contributed by atoms with Crippen molar-refractivity contribution in [1.82, 2.24) is 4.98 Å². The highest BCUT2D eigenvalue weighted by molar-refractivity contribution is 5.49. The third-order valence-corrected chi connectivity index (χ3v) is 2.81. The van der Waals surface area contributed by atoms with E-state index in [2.05, 4.69) is 17.2 Å². The lowest BCUT2D eigenvalue weighted by Gasteiger charge is -2.15. The van der Waals surface area contributed by atoms with Gasteiger partial charge in [0.2, 0.25) is 0 Å². The lowest BCUT2D eigenvalue weighted by molar-refractivity contribution is 0.415. The van der Waals surface area contributed by atoms with Gasteiger partial charge in [0.25, 0.3) is 0 Å². The third-order valence-electron chi connectivity index (χ3n) is 2.81. The number of nitrogens with zero attached hydrogens (tertiary/aromatic N) is 1. The Balaban J connectivity index is 2.13. The zero-order valence-corrected chi connectivity index (χ0v) is 11.0. The van der Waals surface area contributed by atoms with E-state index >= 15 is 0 Å². The molecular formula is C15H18N2O. The number of nitrogens with one attached hydrogen (secondary N) is 1. The molecule has 1 heterocycles. The van der Waals surface area contributed by atoms with Gasteiger partial charge in [-0.15, -0.1) is 0 Å². The van der Waals surface area contributed by atoms with Gasteiger partial charge in [-0.3, -0.25) is 4.98 Å². The fourth-order valence-electron chi connectivity index (χ4n) is 1.84. The Kier molecular flexibility index (Phi) is 3.82. The number of methoxy groups -OCH3 is 1. The molecule has 1 atom stereocenters. The van der Waals surface area contributed by atoms with Gasteiger partial charge in [-0.2, -0.15) is 0 Å². The van der Waals surface area contributed by atoms with Crippen molar-refractivity contribution in [3.63, 3.8) is 0 Å². The Hall–Kier alpha value is -2.03. The van der Waals surface area contributed by atoms with Crippen LogP contribution in [0.15, 0.2) is 42.5 Å². The highest BCUT2D eigenvalue weighted by atomic mass is 16.5. The molecular weight excluding hydrogens is 224 g/mol. The normalized spacial score (nSPS) is 11.9. The van der Waals surface area contributed by atoms with E-state index in [4.69, 9.17) is 4.74 Å². The molecule has 2 aromatic rings. The van der Waals surface area contributed by atoms with Crippen LogP contribution in [0.4, 0.5) is 5.69 Å². The Morgan fingerprint density at radius 3 is 2.67 bits per heavy atom. The molecule has 0 fully saturated rings. The molecule has 0 radical (unpaired) electrons. The molecule has 0 aliphatic rings. The summed E-state index contributed by atoms with van der Waals surface area (Å²) in [6.45, 7) is 4.10. The first-order chi connectivity index (χ1) is 8.69. The van der Waals surface area contributed by atoms with Crippen LogP contribution in [0.5, 0.6) is 5.75 Å². The lowest BCUT2D eigenvalue weighted by Crippen LogP contribution is -2.08. The van der Waals surface area contributed by atoms with E-state index in [1.807, 2.05) is 49.4 Å². The van der Waals surface area contributed by atoms with Crippen molar-refractivity contribution in [2.75, 3.05) is 12.4 Å². The van der Waals surface area contributed by atoms with Crippen molar-refractivity contribution >= 4 is 5.69 Å². The minimum absolute atomic E-state index is 0.164. The second kappa shape index (κ2) is 5.54. The molecule has 18 heavy (non-hydrogen) atoms. The van der Waals surface area contributed by atoms with E-state index in [0.717, 1.165) is 22.8 Å². The summed E-state index contributed by atoms with van der Waals surface area (Å²) >= 11 is 0. The average molecular weight is 242 g/mol. The minimum atomic E-state index is 0.164. The Morgan fingerprint density at radius 2 is 1.94 bits per heavy atom. The smallest absolute Gasteiger partial charge is 0.120 e. The molecule has 0 aliphatic carbocycles. The van der Waals surface area contributed by atoms with E-state index in [1.54, 1.807) is 7.11 Å². The fourth-order valence-corrected chi connectivity index (χ4v) is 1.84. The zero-order chi connectivity index (χ0) is 13.0. The summed E-state index contributed by atoms with van der Waals surface area (Å²) in [7, 11) is 1.67. The minimum Gasteiger partial charge on any atom is -0.497 e. The summed E-state index contributed by atoms with van der Waals surface area (Å²) < 4.78 is 5.21. The van der Waals surface area contributed by atoms with Crippen molar-refractivity contribution in [1.29, 1.82) is 0 Å². The Labute approximate surface area is 108 Å². The highest BCUT2D eigenvalue weighted by Gasteiger charge is 2.07. The molecule has 3 nitrogen and oxygen atoms in total. The predicted octanol–water partition coefficient (Wildman–Crippen LogP) is 3.57. The second-order valence-electron chi connectivity index (χ2n) is 4.30. The molecule has 0 spiro atoms. The van der Waals surface area contributed by atoms with Crippen LogP contribution in [0.1, 0.15) is 24.4 Å². The fraction of sp³-hybridized carbons (Fsp3) is 0.267. The second-order valence-corrected chi connectivity index (χ2v) is 4.30. The van der Waals surface area contributed by atoms with Gasteiger partial charge in [0, 0.05) is 17.4 Å². The van der Waals surface area contributed by atoms with Crippen molar-refractivity contribution in [2.24, 2.45) is 0 Å². The van der Waals surface area contributed by atoms with Gasteiger partial charge in [-0.25, -0.2) is 0 Å². The molecule has 94 valence electrons. The standard InChI is InChI=1S/C15H18N2O/c1-11-6-4-9-15(16-11)12(2)17-13-7-5-8-14(10-13)18-3/h4-10,12,17H,1-3H3/t12-/m0/s1. The molecule has 1 aromatic heterocycles. The number of aryl methyl sites for hydroxylation is 1. The van der Waals surface area contributed by atoms with Gasteiger partial charge in [-0.05, 0) is 38.1 Å². The van der Waals surface area contributed by atoms with Gasteiger partial charge in [0.15, 0.2) is 0 Å². The molecule has 0 bridgehead atoms. The van der Waals surface area contributed by atoms with Crippen LogP contribution in [-0.4, -0.2) is 12.1 Å². The Morgan fingerprint density at radius 1 is 1.17 bits per heavy atom. The van der Waals surface area contributed by atoms with Gasteiger partial charge >= 0.3 is 0 Å². The molecule has 0 saturated carbocycles. The monoisotopic (exact) mass is 242 g/mol. The lowest BCUT2D eigenvalue weighted by atomic mass is 10.2. The van der Waals surface area contributed by atoms with Crippen molar-refractivity contribution in [3.8, 4) is 5.75 Å². The maximum Gasteiger partial charge on any atom is 0.120 e. The topological polar surface area (TPSA) is 34.1 Å². The van der Waals surface area contributed by atoms with E-state index < -0.39 is 0 Å². The summed E-state index contributed by atoms with van der Waals surface area (Å²) in [6, 6.07) is 14.1. The summed E-state index contributed by atoms with van der Waals surface area (Å²) in [5, 5.41) is 3.42. The van der Waals surface area contributed by atoms with Gasteiger partial charge < -0.3 is 10.1 Å². The summed E-state index contributed by atoms with van der Waals surface area (Å²) in [4.78, 5) is 4.52. The van der Waals surface area contributed by atoms with Crippen molar-refractivity contribution < 1.29 is 4.74 Å². The van der Waals surface area contributed by atoms with Crippen molar-refractivity contribution in [2.45, 2.75) is 19.9 Å². The van der Waals surface area contributed by atoms with E-state index in [0.29, 0.717) is 0 Å². The molecule has 1 N–H and O–H groups in total. The number of anilines is 1. The molecule has 0 amide bonds.